The van der Waals surface area contributed by atoms with Crippen LogP contribution in [-0.2, 0) is 0 Å². The maximum atomic E-state index is 5.71. The van der Waals surface area contributed by atoms with E-state index < -0.39 is 0 Å². The third kappa shape index (κ3) is 3.92. The van der Waals surface area contributed by atoms with E-state index in [0.29, 0.717) is 12.5 Å². The van der Waals surface area contributed by atoms with Crippen molar-refractivity contribution in [3.8, 4) is 5.88 Å². The predicted octanol–water partition coefficient (Wildman–Crippen LogP) is 3.12. The summed E-state index contributed by atoms with van der Waals surface area (Å²) >= 11 is 1.20. The first-order valence-corrected chi connectivity index (χ1v) is 7.22. The molecule has 0 fully saturated rings. The summed E-state index contributed by atoms with van der Waals surface area (Å²) in [5.41, 5.74) is 2.03. The minimum atomic E-state index is 0.647. The number of rotatable bonds is 6. The molecule has 2 heterocycles. The Labute approximate surface area is 118 Å². The third-order valence-corrected chi connectivity index (χ3v) is 3.26. The topological polar surface area (TPSA) is 38.3 Å². The van der Waals surface area contributed by atoms with Gasteiger partial charge in [0.1, 0.15) is 5.69 Å². The first-order valence-electron chi connectivity index (χ1n) is 6.49. The van der Waals surface area contributed by atoms with Crippen molar-refractivity contribution in [3.63, 3.8) is 0 Å². The molecule has 1 aromatic rings. The van der Waals surface area contributed by atoms with Crippen LogP contribution in [0.4, 0.5) is 0 Å². The molecular formula is C14H19N3OS. The summed E-state index contributed by atoms with van der Waals surface area (Å²) in [6.07, 6.45) is 12.4. The third-order valence-electron chi connectivity index (χ3n) is 2.75. The molecule has 2 rings (SSSR count). The number of nitrogens with zero attached hydrogens (tertiary/aromatic N) is 3. The van der Waals surface area contributed by atoms with Gasteiger partial charge in [0.15, 0.2) is 0 Å². The van der Waals surface area contributed by atoms with Crippen LogP contribution < -0.4 is 4.74 Å². The molecule has 0 amide bonds. The zero-order chi connectivity index (χ0) is 13.5. The molecule has 4 nitrogen and oxygen atoms in total. The number of aromatic nitrogens is 2. The van der Waals surface area contributed by atoms with Crippen LogP contribution in [-0.4, -0.2) is 33.8 Å². The van der Waals surface area contributed by atoms with Crippen molar-refractivity contribution in [3.05, 3.63) is 36.2 Å². The monoisotopic (exact) mass is 277 g/mol. The molecule has 0 aromatic carbocycles. The van der Waals surface area contributed by atoms with Gasteiger partial charge < -0.3 is 9.64 Å². The molecule has 0 radical (unpaired) electrons. The fraction of sp³-hybridized carbons (Fsp3) is 0.429. The molecule has 0 N–H and O–H groups in total. The van der Waals surface area contributed by atoms with E-state index in [1.807, 2.05) is 19.3 Å². The van der Waals surface area contributed by atoms with Crippen LogP contribution in [0.5, 0.6) is 5.88 Å². The van der Waals surface area contributed by atoms with Crippen molar-refractivity contribution in [2.24, 2.45) is 0 Å². The van der Waals surface area contributed by atoms with Gasteiger partial charge in [-0.15, -0.1) is 4.37 Å². The van der Waals surface area contributed by atoms with Crippen LogP contribution in [0.2, 0.25) is 0 Å². The van der Waals surface area contributed by atoms with Crippen LogP contribution >= 0.6 is 11.7 Å². The lowest BCUT2D eigenvalue weighted by Gasteiger charge is -2.18. The number of ether oxygens (including phenoxy) is 1. The number of hydrogen-bond acceptors (Lipinski definition) is 5. The highest BCUT2D eigenvalue weighted by Crippen LogP contribution is 2.26. The fourth-order valence-electron chi connectivity index (χ4n) is 1.81. The van der Waals surface area contributed by atoms with Crippen LogP contribution in [0, 0.1) is 0 Å². The van der Waals surface area contributed by atoms with Gasteiger partial charge in [0, 0.05) is 19.2 Å². The second-order valence-electron chi connectivity index (χ2n) is 4.38. The molecule has 0 unspecified atom stereocenters. The average molecular weight is 277 g/mol. The summed E-state index contributed by atoms with van der Waals surface area (Å²) in [5.74, 6) is 0.657. The average Bonchev–Trinajstić information content (AvgIpc) is 2.87. The van der Waals surface area contributed by atoms with Crippen molar-refractivity contribution in [1.29, 1.82) is 0 Å². The highest BCUT2D eigenvalue weighted by Gasteiger charge is 2.16. The molecule has 5 heteroatoms. The van der Waals surface area contributed by atoms with E-state index >= 15 is 0 Å². The highest BCUT2D eigenvalue weighted by atomic mass is 32.1. The van der Waals surface area contributed by atoms with Crippen molar-refractivity contribution in [2.75, 3.05) is 20.2 Å². The summed E-state index contributed by atoms with van der Waals surface area (Å²) in [6, 6.07) is 0. The van der Waals surface area contributed by atoms with Crippen molar-refractivity contribution in [1.82, 2.24) is 13.6 Å². The van der Waals surface area contributed by atoms with Gasteiger partial charge in [0.2, 0.25) is 0 Å². The first kappa shape index (κ1) is 13.8. The van der Waals surface area contributed by atoms with E-state index in [-0.39, 0.29) is 0 Å². The molecule has 0 bridgehead atoms. The van der Waals surface area contributed by atoms with E-state index in [9.17, 15) is 0 Å². The van der Waals surface area contributed by atoms with Crippen LogP contribution in [0.15, 0.2) is 30.5 Å². The molecule has 1 aliphatic heterocycles. The van der Waals surface area contributed by atoms with E-state index in [0.717, 1.165) is 30.7 Å². The molecule has 1 aliphatic rings. The smallest absolute Gasteiger partial charge is 0.253 e. The molecule has 0 saturated heterocycles. The Kier molecular flexibility index (Phi) is 5.15. The van der Waals surface area contributed by atoms with Crippen molar-refractivity contribution < 1.29 is 4.74 Å². The second-order valence-corrected chi connectivity index (χ2v) is 4.91. The normalized spacial score (nSPS) is 15.1. The SMILES string of the molecule is CC/C=C\CCOc1nsnc1C1=CC=CN(C)C1. The van der Waals surface area contributed by atoms with Gasteiger partial charge in [-0.2, -0.15) is 4.37 Å². The predicted molar refractivity (Wildman–Crippen MR) is 79.2 cm³/mol. The lowest BCUT2D eigenvalue weighted by atomic mass is 10.1. The first-order chi connectivity index (χ1) is 9.31. The van der Waals surface area contributed by atoms with Gasteiger partial charge in [0.05, 0.1) is 18.3 Å². The van der Waals surface area contributed by atoms with E-state index in [1.165, 1.54) is 11.7 Å². The minimum absolute atomic E-state index is 0.647. The molecular weight excluding hydrogens is 258 g/mol. The molecule has 0 spiro atoms. The zero-order valence-corrected chi connectivity index (χ0v) is 12.2. The van der Waals surface area contributed by atoms with E-state index in [2.05, 4.69) is 38.8 Å². The molecule has 1 aromatic heterocycles. The fourth-order valence-corrected chi connectivity index (χ4v) is 2.34. The standard InChI is InChI=1S/C14H19N3OS/c1-3-4-5-6-10-18-14-13(15-19-16-14)12-8-7-9-17(2)11-12/h4-5,7-9H,3,6,10-11H2,1-2H3/b5-4-. The molecule has 0 saturated carbocycles. The van der Waals surface area contributed by atoms with Gasteiger partial charge in [-0.25, -0.2) is 0 Å². The van der Waals surface area contributed by atoms with E-state index in [4.69, 9.17) is 4.74 Å². The Morgan fingerprint density at radius 3 is 3.11 bits per heavy atom. The summed E-state index contributed by atoms with van der Waals surface area (Å²) in [4.78, 5) is 2.11. The Morgan fingerprint density at radius 1 is 1.42 bits per heavy atom. The summed E-state index contributed by atoms with van der Waals surface area (Å²) < 4.78 is 14.3. The lowest BCUT2D eigenvalue weighted by molar-refractivity contribution is 0.313. The van der Waals surface area contributed by atoms with Crippen molar-refractivity contribution in [2.45, 2.75) is 19.8 Å². The Hall–Kier alpha value is -1.62. The second kappa shape index (κ2) is 7.09. The Bertz CT molecular complexity index is 491. The van der Waals surface area contributed by atoms with Gasteiger partial charge in [-0.1, -0.05) is 25.2 Å². The summed E-state index contributed by atoms with van der Waals surface area (Å²) in [5, 5.41) is 0. The van der Waals surface area contributed by atoms with Gasteiger partial charge >= 0.3 is 0 Å². The van der Waals surface area contributed by atoms with E-state index in [1.54, 1.807) is 0 Å². The Morgan fingerprint density at radius 2 is 2.32 bits per heavy atom. The van der Waals surface area contributed by atoms with Crippen molar-refractivity contribution >= 4 is 17.3 Å². The number of likely N-dealkylation sites (N-methyl/N-ethyl adjacent to an activating group) is 1. The lowest BCUT2D eigenvalue weighted by Crippen LogP contribution is -2.16. The Balaban J connectivity index is 1.96. The van der Waals surface area contributed by atoms with Gasteiger partial charge in [0.25, 0.3) is 5.88 Å². The molecule has 102 valence electrons. The number of hydrogen-bond donors (Lipinski definition) is 0. The summed E-state index contributed by atoms with van der Waals surface area (Å²) in [7, 11) is 2.04. The minimum Gasteiger partial charge on any atom is -0.475 e. The molecule has 19 heavy (non-hydrogen) atoms. The largest absolute Gasteiger partial charge is 0.475 e. The molecule has 0 aliphatic carbocycles. The van der Waals surface area contributed by atoms with Crippen LogP contribution in [0.3, 0.4) is 0 Å². The van der Waals surface area contributed by atoms with Gasteiger partial charge in [-0.3, -0.25) is 0 Å². The van der Waals surface area contributed by atoms with Gasteiger partial charge in [-0.05, 0) is 25.1 Å². The number of allylic oxidation sites excluding steroid dienone is 3. The highest BCUT2D eigenvalue weighted by molar-refractivity contribution is 6.99. The maximum absolute atomic E-state index is 5.71. The zero-order valence-electron chi connectivity index (χ0n) is 11.4. The quantitative estimate of drug-likeness (QED) is 0.591. The van der Waals surface area contributed by atoms with Crippen LogP contribution in [0.25, 0.3) is 5.57 Å². The summed E-state index contributed by atoms with van der Waals surface area (Å²) in [6.45, 7) is 3.61. The maximum Gasteiger partial charge on any atom is 0.253 e. The molecule has 0 atom stereocenters. The van der Waals surface area contributed by atoms with Crippen LogP contribution in [0.1, 0.15) is 25.5 Å².